The number of nitriles is 1. The molecule has 0 saturated carbocycles. The molecule has 1 N–H and O–H groups in total. The molecule has 5 nitrogen and oxygen atoms in total. The SMILES string of the molecule is CC1(c2ccsc2)NC(=O)N(Cc2ccccc2C#N)C1=O. The van der Waals surface area contributed by atoms with Gasteiger partial charge >= 0.3 is 6.03 Å². The zero-order chi connectivity index (χ0) is 15.7. The summed E-state index contributed by atoms with van der Waals surface area (Å²) in [7, 11) is 0. The molecule has 1 atom stereocenters. The Morgan fingerprint density at radius 1 is 1.32 bits per heavy atom. The second-order valence-electron chi connectivity index (χ2n) is 5.23. The van der Waals surface area contributed by atoms with Crippen LogP contribution in [-0.2, 0) is 16.9 Å². The van der Waals surface area contributed by atoms with E-state index in [0.29, 0.717) is 11.1 Å². The maximum absolute atomic E-state index is 12.7. The van der Waals surface area contributed by atoms with Gasteiger partial charge in [-0.2, -0.15) is 16.6 Å². The molecule has 1 fully saturated rings. The van der Waals surface area contributed by atoms with E-state index in [9.17, 15) is 9.59 Å². The lowest BCUT2D eigenvalue weighted by molar-refractivity contribution is -0.131. The zero-order valence-corrected chi connectivity index (χ0v) is 12.7. The molecule has 1 aliphatic rings. The van der Waals surface area contributed by atoms with E-state index in [-0.39, 0.29) is 12.5 Å². The Morgan fingerprint density at radius 3 is 2.77 bits per heavy atom. The average Bonchev–Trinajstić information content (AvgIpc) is 3.12. The van der Waals surface area contributed by atoms with Crippen molar-refractivity contribution in [3.8, 4) is 6.07 Å². The Kier molecular flexibility index (Phi) is 3.43. The predicted molar refractivity (Wildman–Crippen MR) is 81.9 cm³/mol. The van der Waals surface area contributed by atoms with Crippen molar-refractivity contribution in [3.05, 3.63) is 57.8 Å². The Bertz CT molecular complexity index is 779. The highest BCUT2D eigenvalue weighted by Gasteiger charge is 2.49. The molecule has 1 aromatic carbocycles. The van der Waals surface area contributed by atoms with Crippen molar-refractivity contribution in [1.82, 2.24) is 10.2 Å². The van der Waals surface area contributed by atoms with Gasteiger partial charge < -0.3 is 5.32 Å². The molecule has 2 aromatic rings. The standard InChI is InChI=1S/C16H13N3O2S/c1-16(13-6-7-22-10-13)14(20)19(15(21)18-16)9-12-5-3-2-4-11(12)8-17/h2-7,10H,9H2,1H3,(H,18,21). The van der Waals surface area contributed by atoms with Crippen LogP contribution in [0.2, 0.25) is 0 Å². The summed E-state index contributed by atoms with van der Waals surface area (Å²) in [5, 5.41) is 15.6. The van der Waals surface area contributed by atoms with E-state index in [1.807, 2.05) is 16.8 Å². The first-order valence-electron chi connectivity index (χ1n) is 6.71. The third kappa shape index (κ3) is 2.16. The summed E-state index contributed by atoms with van der Waals surface area (Å²) >= 11 is 1.47. The fourth-order valence-corrected chi connectivity index (χ4v) is 3.29. The fraction of sp³-hybridized carbons (Fsp3) is 0.188. The van der Waals surface area contributed by atoms with Crippen molar-refractivity contribution in [3.63, 3.8) is 0 Å². The molecular formula is C16H13N3O2S. The van der Waals surface area contributed by atoms with E-state index in [2.05, 4.69) is 11.4 Å². The van der Waals surface area contributed by atoms with Crippen LogP contribution >= 0.6 is 11.3 Å². The highest BCUT2D eigenvalue weighted by Crippen LogP contribution is 2.31. The first-order valence-corrected chi connectivity index (χ1v) is 7.65. The summed E-state index contributed by atoms with van der Waals surface area (Å²) in [4.78, 5) is 26.1. The summed E-state index contributed by atoms with van der Waals surface area (Å²) in [5.41, 5.74) is 0.848. The van der Waals surface area contributed by atoms with Crippen LogP contribution in [-0.4, -0.2) is 16.8 Å². The van der Waals surface area contributed by atoms with Crippen molar-refractivity contribution in [2.75, 3.05) is 0 Å². The Morgan fingerprint density at radius 2 is 2.09 bits per heavy atom. The lowest BCUT2D eigenvalue weighted by Crippen LogP contribution is -2.40. The monoisotopic (exact) mass is 311 g/mol. The maximum Gasteiger partial charge on any atom is 0.325 e. The van der Waals surface area contributed by atoms with Gasteiger partial charge in [-0.05, 0) is 40.9 Å². The third-order valence-corrected chi connectivity index (χ3v) is 4.52. The fourth-order valence-electron chi connectivity index (χ4n) is 2.52. The van der Waals surface area contributed by atoms with Crippen molar-refractivity contribution < 1.29 is 9.59 Å². The van der Waals surface area contributed by atoms with Gasteiger partial charge in [0.1, 0.15) is 5.54 Å². The van der Waals surface area contributed by atoms with Crippen molar-refractivity contribution in [2.45, 2.75) is 19.0 Å². The number of imide groups is 1. The second-order valence-corrected chi connectivity index (χ2v) is 6.01. The van der Waals surface area contributed by atoms with E-state index in [1.165, 1.54) is 11.3 Å². The van der Waals surface area contributed by atoms with E-state index in [4.69, 9.17) is 5.26 Å². The lowest BCUT2D eigenvalue weighted by Gasteiger charge is -2.20. The first kappa shape index (κ1) is 14.3. The van der Waals surface area contributed by atoms with E-state index >= 15 is 0 Å². The van der Waals surface area contributed by atoms with Crippen LogP contribution in [0.1, 0.15) is 23.6 Å². The highest BCUT2D eigenvalue weighted by molar-refractivity contribution is 7.08. The number of carbonyl (C=O) groups is 2. The van der Waals surface area contributed by atoms with Crippen LogP contribution in [0.15, 0.2) is 41.1 Å². The number of amides is 3. The van der Waals surface area contributed by atoms with Gasteiger partial charge in [0.2, 0.25) is 0 Å². The molecule has 0 spiro atoms. The summed E-state index contributed by atoms with van der Waals surface area (Å²) in [6.45, 7) is 1.79. The van der Waals surface area contributed by atoms with Gasteiger partial charge in [0.05, 0.1) is 18.2 Å². The smallest absolute Gasteiger partial charge is 0.319 e. The number of thiophene rings is 1. The van der Waals surface area contributed by atoms with Crippen LogP contribution in [0, 0.1) is 11.3 Å². The molecule has 1 saturated heterocycles. The number of carbonyl (C=O) groups excluding carboxylic acids is 2. The van der Waals surface area contributed by atoms with E-state index in [1.54, 1.807) is 31.2 Å². The minimum Gasteiger partial charge on any atom is -0.319 e. The van der Waals surface area contributed by atoms with Crippen LogP contribution in [0.4, 0.5) is 4.79 Å². The molecule has 1 unspecified atom stereocenters. The van der Waals surface area contributed by atoms with E-state index < -0.39 is 11.6 Å². The Labute approximate surface area is 131 Å². The minimum absolute atomic E-state index is 0.0914. The Balaban J connectivity index is 1.92. The molecule has 0 bridgehead atoms. The van der Waals surface area contributed by atoms with Crippen LogP contribution in [0.5, 0.6) is 0 Å². The number of hydrogen-bond donors (Lipinski definition) is 1. The molecule has 3 rings (SSSR count). The highest BCUT2D eigenvalue weighted by atomic mass is 32.1. The number of hydrogen-bond acceptors (Lipinski definition) is 4. The largest absolute Gasteiger partial charge is 0.325 e. The van der Waals surface area contributed by atoms with E-state index in [0.717, 1.165) is 10.5 Å². The topological polar surface area (TPSA) is 73.2 Å². The summed E-state index contributed by atoms with van der Waals surface area (Å²) < 4.78 is 0. The van der Waals surface area contributed by atoms with Gasteiger partial charge in [0.15, 0.2) is 0 Å². The molecule has 22 heavy (non-hydrogen) atoms. The van der Waals surface area contributed by atoms with Gasteiger partial charge in [0.25, 0.3) is 5.91 Å². The van der Waals surface area contributed by atoms with Gasteiger partial charge in [-0.1, -0.05) is 18.2 Å². The second kappa shape index (κ2) is 5.28. The third-order valence-electron chi connectivity index (χ3n) is 3.84. The molecular weight excluding hydrogens is 298 g/mol. The molecule has 0 aliphatic carbocycles. The van der Waals surface area contributed by atoms with Crippen LogP contribution in [0.3, 0.4) is 0 Å². The normalized spacial score (nSPS) is 20.8. The molecule has 3 amide bonds. The van der Waals surface area contributed by atoms with Crippen LogP contribution < -0.4 is 5.32 Å². The first-order chi connectivity index (χ1) is 10.6. The number of benzene rings is 1. The molecule has 1 aliphatic heterocycles. The molecule has 2 heterocycles. The molecule has 6 heteroatoms. The quantitative estimate of drug-likeness (QED) is 0.885. The minimum atomic E-state index is -1.04. The van der Waals surface area contributed by atoms with Gasteiger partial charge in [-0.25, -0.2) is 4.79 Å². The van der Waals surface area contributed by atoms with Crippen LogP contribution in [0.25, 0.3) is 0 Å². The van der Waals surface area contributed by atoms with Gasteiger partial charge in [0, 0.05) is 0 Å². The zero-order valence-electron chi connectivity index (χ0n) is 11.9. The predicted octanol–water partition coefficient (Wildman–Crippen LogP) is 2.59. The summed E-state index contributed by atoms with van der Waals surface area (Å²) in [5.74, 6) is -0.302. The summed E-state index contributed by atoms with van der Waals surface area (Å²) in [6.07, 6.45) is 0. The average molecular weight is 311 g/mol. The van der Waals surface area contributed by atoms with Crippen molar-refractivity contribution >= 4 is 23.3 Å². The van der Waals surface area contributed by atoms with Gasteiger partial charge in [-0.3, -0.25) is 9.69 Å². The molecule has 110 valence electrons. The van der Waals surface area contributed by atoms with Crippen molar-refractivity contribution in [1.29, 1.82) is 5.26 Å². The molecule has 0 radical (unpaired) electrons. The number of rotatable bonds is 3. The van der Waals surface area contributed by atoms with Gasteiger partial charge in [-0.15, -0.1) is 0 Å². The Hall–Kier alpha value is -2.65. The maximum atomic E-state index is 12.7. The molecule has 1 aromatic heterocycles. The lowest BCUT2D eigenvalue weighted by atomic mass is 9.95. The number of nitrogens with one attached hydrogen (secondary N) is 1. The van der Waals surface area contributed by atoms with Crippen molar-refractivity contribution in [2.24, 2.45) is 0 Å². The number of nitrogens with zero attached hydrogens (tertiary/aromatic N) is 2. The number of urea groups is 1. The summed E-state index contributed by atoms with van der Waals surface area (Å²) in [6, 6.07) is 10.4.